The van der Waals surface area contributed by atoms with Crippen molar-refractivity contribution >= 4 is 12.6 Å². The van der Waals surface area contributed by atoms with E-state index in [0.29, 0.717) is 0 Å². The molecule has 0 aliphatic rings. The van der Waals surface area contributed by atoms with Crippen LogP contribution in [0.2, 0.25) is 0 Å². The van der Waals surface area contributed by atoms with Gasteiger partial charge in [0, 0.05) is 12.8 Å². The molecule has 0 spiro atoms. The third-order valence-corrected chi connectivity index (χ3v) is 6.85. The molecule has 0 N–H and O–H groups in total. The maximum absolute atomic E-state index is 10.1. The summed E-state index contributed by atoms with van der Waals surface area (Å²) >= 11 is 0. The Kier molecular flexibility index (Phi) is 38.5. The zero-order valence-corrected chi connectivity index (χ0v) is 23.8. The summed E-state index contributed by atoms with van der Waals surface area (Å²) in [4.78, 5) is 20.2. The standard InChI is InChI=1S/C17H34O.C15H30O/c1-2-3-4-5-6-7-8-9-10-11-12-13-14-15-16-17-18;1-2-3-4-5-6-7-8-9-10-11-12-13-14-15-16/h17H,2-16H2,1H3;15H,2-14H2,1H3. The number of hydrogen-bond acceptors (Lipinski definition) is 2. The van der Waals surface area contributed by atoms with Crippen molar-refractivity contribution in [3.8, 4) is 0 Å². The summed E-state index contributed by atoms with van der Waals surface area (Å²) in [6.07, 6.45) is 39.2. The van der Waals surface area contributed by atoms with Crippen molar-refractivity contribution in [3.05, 3.63) is 0 Å². The Labute approximate surface area is 215 Å². The average Bonchev–Trinajstić information content (AvgIpc) is 2.85. The van der Waals surface area contributed by atoms with Crippen molar-refractivity contribution in [3.63, 3.8) is 0 Å². The third-order valence-electron chi connectivity index (χ3n) is 6.85. The number of carbonyl (C=O) groups is 2. The lowest BCUT2D eigenvalue weighted by atomic mass is 10.0. The van der Waals surface area contributed by atoms with E-state index >= 15 is 0 Å². The van der Waals surface area contributed by atoms with Gasteiger partial charge in [-0.05, 0) is 12.8 Å². The lowest BCUT2D eigenvalue weighted by molar-refractivity contribution is -0.108. The van der Waals surface area contributed by atoms with Crippen LogP contribution in [-0.4, -0.2) is 12.6 Å². The summed E-state index contributed by atoms with van der Waals surface area (Å²) in [5.74, 6) is 0. The molecule has 0 heterocycles. The van der Waals surface area contributed by atoms with Crippen LogP contribution in [0.25, 0.3) is 0 Å². The quantitative estimate of drug-likeness (QED) is 0.0823. The van der Waals surface area contributed by atoms with Crippen LogP contribution in [0.3, 0.4) is 0 Å². The van der Waals surface area contributed by atoms with Gasteiger partial charge >= 0.3 is 0 Å². The molecule has 0 radical (unpaired) electrons. The Morgan fingerprint density at radius 2 is 0.471 bits per heavy atom. The van der Waals surface area contributed by atoms with Gasteiger partial charge in [-0.3, -0.25) is 0 Å². The second-order valence-corrected chi connectivity index (χ2v) is 10.4. The van der Waals surface area contributed by atoms with Crippen molar-refractivity contribution < 1.29 is 9.59 Å². The predicted molar refractivity (Wildman–Crippen MR) is 153 cm³/mol. The van der Waals surface area contributed by atoms with E-state index in [2.05, 4.69) is 13.8 Å². The van der Waals surface area contributed by atoms with Crippen molar-refractivity contribution in [1.29, 1.82) is 0 Å². The molecule has 34 heavy (non-hydrogen) atoms. The SMILES string of the molecule is CCCCCCCCCCCCCCC=O.CCCCCCCCCCCCCCCCC=O. The van der Waals surface area contributed by atoms with E-state index in [-0.39, 0.29) is 0 Å². The van der Waals surface area contributed by atoms with Gasteiger partial charge in [-0.15, -0.1) is 0 Å². The highest BCUT2D eigenvalue weighted by atomic mass is 16.1. The molecule has 0 rings (SSSR count). The van der Waals surface area contributed by atoms with E-state index in [1.165, 1.54) is 154 Å². The Hall–Kier alpha value is -0.660. The van der Waals surface area contributed by atoms with Gasteiger partial charge in [0.1, 0.15) is 12.6 Å². The third kappa shape index (κ3) is 38.6. The van der Waals surface area contributed by atoms with Crippen LogP contribution in [0.15, 0.2) is 0 Å². The Morgan fingerprint density at radius 3 is 0.647 bits per heavy atom. The normalized spacial score (nSPS) is 10.6. The summed E-state index contributed by atoms with van der Waals surface area (Å²) in [6, 6.07) is 0. The Balaban J connectivity index is 0. The molecular formula is C32H64O2. The minimum atomic E-state index is 0.761. The smallest absolute Gasteiger partial charge is 0.119 e. The molecule has 2 heteroatoms. The van der Waals surface area contributed by atoms with Crippen LogP contribution in [0.4, 0.5) is 0 Å². The zero-order valence-electron chi connectivity index (χ0n) is 23.8. The molecule has 0 unspecified atom stereocenters. The van der Waals surface area contributed by atoms with Gasteiger partial charge in [0.05, 0.1) is 0 Å². The van der Waals surface area contributed by atoms with Crippen molar-refractivity contribution in [1.82, 2.24) is 0 Å². The molecule has 0 saturated heterocycles. The summed E-state index contributed by atoms with van der Waals surface area (Å²) in [5.41, 5.74) is 0. The molecule has 0 aromatic rings. The molecule has 0 aromatic heterocycles. The predicted octanol–water partition coefficient (Wildman–Crippen LogP) is 11.3. The zero-order chi connectivity index (χ0) is 25.2. The highest BCUT2D eigenvalue weighted by Gasteiger charge is 1.94. The molecule has 0 amide bonds. The van der Waals surface area contributed by atoms with Crippen LogP contribution in [0.5, 0.6) is 0 Å². The van der Waals surface area contributed by atoms with Crippen LogP contribution in [0.1, 0.15) is 194 Å². The minimum Gasteiger partial charge on any atom is -0.303 e. The van der Waals surface area contributed by atoms with Crippen LogP contribution in [0, 0.1) is 0 Å². The van der Waals surface area contributed by atoms with Crippen molar-refractivity contribution in [2.75, 3.05) is 0 Å². The Bertz CT molecular complexity index is 353. The summed E-state index contributed by atoms with van der Waals surface area (Å²) in [7, 11) is 0. The summed E-state index contributed by atoms with van der Waals surface area (Å²) in [5, 5.41) is 0. The lowest BCUT2D eigenvalue weighted by Crippen LogP contribution is -1.83. The van der Waals surface area contributed by atoms with Crippen LogP contribution >= 0.6 is 0 Å². The fourth-order valence-corrected chi connectivity index (χ4v) is 4.49. The molecule has 0 atom stereocenters. The fourth-order valence-electron chi connectivity index (χ4n) is 4.49. The van der Waals surface area contributed by atoms with E-state index < -0.39 is 0 Å². The van der Waals surface area contributed by atoms with Crippen LogP contribution < -0.4 is 0 Å². The largest absolute Gasteiger partial charge is 0.303 e. The van der Waals surface area contributed by atoms with Gasteiger partial charge in [-0.25, -0.2) is 0 Å². The molecule has 0 aromatic carbocycles. The van der Waals surface area contributed by atoms with E-state index in [0.717, 1.165) is 38.3 Å². The molecule has 0 fully saturated rings. The van der Waals surface area contributed by atoms with E-state index in [1.54, 1.807) is 0 Å². The first kappa shape index (κ1) is 35.5. The van der Waals surface area contributed by atoms with Crippen LogP contribution in [-0.2, 0) is 9.59 Å². The number of rotatable bonds is 28. The molecule has 0 bridgehead atoms. The number of aldehydes is 2. The molecule has 0 aliphatic carbocycles. The first-order valence-corrected chi connectivity index (χ1v) is 15.7. The highest BCUT2D eigenvalue weighted by Crippen LogP contribution is 2.13. The van der Waals surface area contributed by atoms with Gasteiger partial charge < -0.3 is 9.59 Å². The topological polar surface area (TPSA) is 34.1 Å². The first-order valence-electron chi connectivity index (χ1n) is 15.7. The van der Waals surface area contributed by atoms with E-state index in [4.69, 9.17) is 0 Å². The van der Waals surface area contributed by atoms with Gasteiger partial charge in [0.2, 0.25) is 0 Å². The number of unbranched alkanes of at least 4 members (excludes halogenated alkanes) is 26. The monoisotopic (exact) mass is 480 g/mol. The number of hydrogen-bond donors (Lipinski definition) is 0. The fraction of sp³-hybridized carbons (Fsp3) is 0.938. The highest BCUT2D eigenvalue weighted by molar-refractivity contribution is 5.49. The van der Waals surface area contributed by atoms with Gasteiger partial charge in [0.15, 0.2) is 0 Å². The molecule has 0 aliphatic heterocycles. The average molecular weight is 481 g/mol. The van der Waals surface area contributed by atoms with Gasteiger partial charge in [-0.1, -0.05) is 168 Å². The summed E-state index contributed by atoms with van der Waals surface area (Å²) < 4.78 is 0. The lowest BCUT2D eigenvalue weighted by Gasteiger charge is -2.02. The number of carbonyl (C=O) groups excluding carboxylic acids is 2. The Morgan fingerprint density at radius 1 is 0.294 bits per heavy atom. The second kappa shape index (κ2) is 36.9. The molecule has 2 nitrogen and oxygen atoms in total. The maximum atomic E-state index is 10.1. The molecular weight excluding hydrogens is 416 g/mol. The maximum Gasteiger partial charge on any atom is 0.119 e. The summed E-state index contributed by atoms with van der Waals surface area (Å²) in [6.45, 7) is 4.55. The second-order valence-electron chi connectivity index (χ2n) is 10.4. The molecule has 204 valence electrons. The molecule has 0 saturated carbocycles. The van der Waals surface area contributed by atoms with E-state index in [1.807, 2.05) is 0 Å². The van der Waals surface area contributed by atoms with Gasteiger partial charge in [-0.2, -0.15) is 0 Å². The van der Waals surface area contributed by atoms with Crippen molar-refractivity contribution in [2.24, 2.45) is 0 Å². The minimum absolute atomic E-state index is 0.761. The van der Waals surface area contributed by atoms with Crippen molar-refractivity contribution in [2.45, 2.75) is 194 Å². The van der Waals surface area contributed by atoms with Gasteiger partial charge in [0.25, 0.3) is 0 Å². The van der Waals surface area contributed by atoms with E-state index in [9.17, 15) is 9.59 Å². The first-order chi connectivity index (χ1) is 16.8.